The molecule has 0 spiro atoms. The van der Waals surface area contributed by atoms with E-state index in [4.69, 9.17) is 0 Å². The summed E-state index contributed by atoms with van der Waals surface area (Å²) in [6.07, 6.45) is 7.70. The predicted molar refractivity (Wildman–Crippen MR) is 68.9 cm³/mol. The standard InChI is InChI=1S/C13H26N2O2/c1-2-3-6-9-14-13(17)15-12-8-5-4-7-11(12)10-16/h11-12,16H,2-10H2,1H3,(H2,14,15,17). The number of urea groups is 1. The summed E-state index contributed by atoms with van der Waals surface area (Å²) in [5.74, 6) is 0.241. The Balaban J connectivity index is 2.19. The maximum absolute atomic E-state index is 11.6. The maximum atomic E-state index is 11.6. The molecule has 0 aliphatic heterocycles. The average Bonchev–Trinajstić information content (AvgIpc) is 2.35. The highest BCUT2D eigenvalue weighted by molar-refractivity contribution is 5.74. The van der Waals surface area contributed by atoms with Crippen LogP contribution in [-0.4, -0.2) is 30.3 Å². The molecule has 17 heavy (non-hydrogen) atoms. The zero-order valence-corrected chi connectivity index (χ0v) is 10.9. The van der Waals surface area contributed by atoms with Crippen LogP contribution in [0.2, 0.25) is 0 Å². The molecule has 0 radical (unpaired) electrons. The zero-order valence-electron chi connectivity index (χ0n) is 10.9. The third-order valence-electron chi connectivity index (χ3n) is 3.53. The van der Waals surface area contributed by atoms with Crippen LogP contribution in [0.4, 0.5) is 4.79 Å². The lowest BCUT2D eigenvalue weighted by Gasteiger charge is -2.30. The number of aliphatic hydroxyl groups excluding tert-OH is 1. The van der Waals surface area contributed by atoms with Crippen molar-refractivity contribution in [3.8, 4) is 0 Å². The number of hydrogen-bond donors (Lipinski definition) is 3. The molecule has 1 rings (SSSR count). The molecule has 2 atom stereocenters. The highest BCUT2D eigenvalue weighted by atomic mass is 16.3. The van der Waals surface area contributed by atoms with Gasteiger partial charge in [-0.1, -0.05) is 32.6 Å². The molecule has 100 valence electrons. The molecule has 3 N–H and O–H groups in total. The summed E-state index contributed by atoms with van der Waals surface area (Å²) in [5.41, 5.74) is 0. The van der Waals surface area contributed by atoms with Gasteiger partial charge >= 0.3 is 6.03 Å². The summed E-state index contributed by atoms with van der Waals surface area (Å²) < 4.78 is 0. The third-order valence-corrected chi connectivity index (χ3v) is 3.53. The van der Waals surface area contributed by atoms with Gasteiger partial charge in [0.1, 0.15) is 0 Å². The van der Waals surface area contributed by atoms with Crippen molar-refractivity contribution in [2.24, 2.45) is 5.92 Å². The molecule has 1 saturated carbocycles. The topological polar surface area (TPSA) is 61.4 Å². The Morgan fingerprint density at radius 2 is 2.06 bits per heavy atom. The van der Waals surface area contributed by atoms with Gasteiger partial charge in [0.25, 0.3) is 0 Å². The Hall–Kier alpha value is -0.770. The van der Waals surface area contributed by atoms with Crippen LogP contribution in [0.15, 0.2) is 0 Å². The van der Waals surface area contributed by atoms with Crippen molar-refractivity contribution in [1.82, 2.24) is 10.6 Å². The first-order chi connectivity index (χ1) is 8.27. The first-order valence-corrected chi connectivity index (χ1v) is 6.93. The summed E-state index contributed by atoms with van der Waals surface area (Å²) in [5, 5.41) is 15.1. The molecule has 0 aromatic rings. The van der Waals surface area contributed by atoms with Gasteiger partial charge < -0.3 is 15.7 Å². The lowest BCUT2D eigenvalue weighted by atomic mass is 9.85. The fraction of sp³-hybridized carbons (Fsp3) is 0.923. The number of aliphatic hydroxyl groups is 1. The second-order valence-electron chi connectivity index (χ2n) is 4.94. The van der Waals surface area contributed by atoms with Gasteiger partial charge in [0.05, 0.1) is 0 Å². The number of rotatable bonds is 6. The SMILES string of the molecule is CCCCCNC(=O)NC1CCCCC1CO. The molecule has 1 aliphatic rings. The highest BCUT2D eigenvalue weighted by Crippen LogP contribution is 2.23. The monoisotopic (exact) mass is 242 g/mol. The molecule has 0 bridgehead atoms. The van der Waals surface area contributed by atoms with Crippen molar-refractivity contribution in [3.05, 3.63) is 0 Å². The Morgan fingerprint density at radius 1 is 1.29 bits per heavy atom. The van der Waals surface area contributed by atoms with E-state index in [-0.39, 0.29) is 24.6 Å². The van der Waals surface area contributed by atoms with Gasteiger partial charge in [0.2, 0.25) is 0 Å². The second-order valence-corrected chi connectivity index (χ2v) is 4.94. The first kappa shape index (κ1) is 14.3. The van der Waals surface area contributed by atoms with Crippen LogP contribution in [0.1, 0.15) is 51.9 Å². The van der Waals surface area contributed by atoms with Crippen LogP contribution in [0, 0.1) is 5.92 Å². The number of unbranched alkanes of at least 4 members (excludes halogenated alkanes) is 2. The molecule has 2 unspecified atom stereocenters. The van der Waals surface area contributed by atoms with E-state index >= 15 is 0 Å². The molecule has 0 saturated heterocycles. The largest absolute Gasteiger partial charge is 0.396 e. The normalized spacial score (nSPS) is 24.4. The van der Waals surface area contributed by atoms with Gasteiger partial charge in [-0.15, -0.1) is 0 Å². The molecule has 0 aromatic carbocycles. The summed E-state index contributed by atoms with van der Waals surface area (Å²) in [4.78, 5) is 11.6. The molecule has 0 aromatic heterocycles. The van der Waals surface area contributed by atoms with Crippen molar-refractivity contribution in [2.75, 3.05) is 13.2 Å². The highest BCUT2D eigenvalue weighted by Gasteiger charge is 2.25. The van der Waals surface area contributed by atoms with Crippen LogP contribution < -0.4 is 10.6 Å². The van der Waals surface area contributed by atoms with E-state index in [0.29, 0.717) is 0 Å². The van der Waals surface area contributed by atoms with Crippen LogP contribution in [0.3, 0.4) is 0 Å². The third kappa shape index (κ3) is 5.39. The molecular weight excluding hydrogens is 216 g/mol. The van der Waals surface area contributed by atoms with Crippen molar-refractivity contribution in [1.29, 1.82) is 0 Å². The predicted octanol–water partition coefficient (Wildman–Crippen LogP) is 2.03. The van der Waals surface area contributed by atoms with E-state index in [2.05, 4.69) is 17.6 Å². The molecule has 1 fully saturated rings. The number of amides is 2. The van der Waals surface area contributed by atoms with Gasteiger partial charge in [-0.05, 0) is 19.3 Å². The van der Waals surface area contributed by atoms with Crippen molar-refractivity contribution in [2.45, 2.75) is 57.9 Å². The number of carbonyl (C=O) groups is 1. The van der Waals surface area contributed by atoms with Crippen molar-refractivity contribution >= 4 is 6.03 Å². The van der Waals surface area contributed by atoms with E-state index in [9.17, 15) is 9.90 Å². The summed E-state index contributed by atoms with van der Waals surface area (Å²) in [6.45, 7) is 3.07. The molecule has 4 nitrogen and oxygen atoms in total. The lowest BCUT2D eigenvalue weighted by Crippen LogP contribution is -2.47. The van der Waals surface area contributed by atoms with Crippen LogP contribution >= 0.6 is 0 Å². The lowest BCUT2D eigenvalue weighted by molar-refractivity contribution is 0.153. The fourth-order valence-electron chi connectivity index (χ4n) is 2.41. The van der Waals surface area contributed by atoms with Gasteiger partial charge in [0, 0.05) is 25.1 Å². The van der Waals surface area contributed by atoms with Gasteiger partial charge in [-0.25, -0.2) is 4.79 Å². The summed E-state index contributed by atoms with van der Waals surface area (Å²) in [6, 6.07) is 0.0754. The van der Waals surface area contributed by atoms with E-state index in [0.717, 1.165) is 38.6 Å². The van der Waals surface area contributed by atoms with Gasteiger partial charge in [-0.2, -0.15) is 0 Å². The van der Waals surface area contributed by atoms with Crippen LogP contribution in [0.25, 0.3) is 0 Å². The Morgan fingerprint density at radius 3 is 2.76 bits per heavy atom. The van der Waals surface area contributed by atoms with Crippen molar-refractivity contribution in [3.63, 3.8) is 0 Å². The minimum absolute atomic E-state index is 0.0774. The first-order valence-electron chi connectivity index (χ1n) is 6.93. The van der Waals surface area contributed by atoms with Crippen molar-refractivity contribution < 1.29 is 9.90 Å². The Kier molecular flexibility index (Phi) is 7.01. The smallest absolute Gasteiger partial charge is 0.315 e. The van der Waals surface area contributed by atoms with Crippen LogP contribution in [-0.2, 0) is 0 Å². The number of nitrogens with one attached hydrogen (secondary N) is 2. The molecule has 4 heteroatoms. The zero-order chi connectivity index (χ0) is 12.5. The van der Waals surface area contributed by atoms with E-state index < -0.39 is 0 Å². The second kappa shape index (κ2) is 8.34. The maximum Gasteiger partial charge on any atom is 0.315 e. The molecular formula is C13H26N2O2. The summed E-state index contributed by atoms with van der Waals surface area (Å²) in [7, 11) is 0. The van der Waals surface area contributed by atoms with Crippen LogP contribution in [0.5, 0.6) is 0 Å². The average molecular weight is 242 g/mol. The summed E-state index contributed by atoms with van der Waals surface area (Å²) >= 11 is 0. The quantitative estimate of drug-likeness (QED) is 0.624. The van der Waals surface area contributed by atoms with E-state index in [1.54, 1.807) is 0 Å². The van der Waals surface area contributed by atoms with E-state index in [1.165, 1.54) is 12.8 Å². The minimum atomic E-state index is -0.0774. The Labute approximate surface area is 104 Å². The number of hydrogen-bond acceptors (Lipinski definition) is 2. The van der Waals surface area contributed by atoms with Gasteiger partial charge in [0.15, 0.2) is 0 Å². The Bertz CT molecular complexity index is 221. The minimum Gasteiger partial charge on any atom is -0.396 e. The van der Waals surface area contributed by atoms with E-state index in [1.807, 2.05) is 0 Å². The van der Waals surface area contributed by atoms with Gasteiger partial charge in [-0.3, -0.25) is 0 Å². The fourth-order valence-corrected chi connectivity index (χ4v) is 2.41. The molecule has 2 amide bonds. The molecule has 0 heterocycles. The molecule has 1 aliphatic carbocycles. The number of carbonyl (C=O) groups excluding carboxylic acids is 1.